The van der Waals surface area contributed by atoms with Gasteiger partial charge in [-0.15, -0.1) is 0 Å². The third kappa shape index (κ3) is 3.44. The third-order valence-corrected chi connectivity index (χ3v) is 3.17. The van der Waals surface area contributed by atoms with E-state index in [2.05, 4.69) is 5.32 Å². The largest absolute Gasteiger partial charge is 0.392 e. The molecule has 0 bridgehead atoms. The summed E-state index contributed by atoms with van der Waals surface area (Å²) >= 11 is 0. The van der Waals surface area contributed by atoms with Crippen molar-refractivity contribution in [1.29, 1.82) is 0 Å². The minimum atomic E-state index is -0.883. The van der Waals surface area contributed by atoms with Crippen LogP contribution in [0, 0.1) is 18.6 Å². The van der Waals surface area contributed by atoms with Crippen LogP contribution in [0.1, 0.15) is 27.0 Å². The number of aliphatic hydroxyl groups excluding tert-OH is 1. The highest BCUT2D eigenvalue weighted by atomic mass is 19.1. The number of hydrogen-bond acceptors (Lipinski definition) is 2. The van der Waals surface area contributed by atoms with E-state index < -0.39 is 23.1 Å². The smallest absolute Gasteiger partial charge is 0.257 e. The van der Waals surface area contributed by atoms with E-state index in [0.717, 1.165) is 17.2 Å². The maximum atomic E-state index is 13.8. The number of nitrogens with one attached hydrogen (secondary N) is 1. The van der Waals surface area contributed by atoms with Crippen LogP contribution < -0.4 is 5.32 Å². The Balaban J connectivity index is 2.10. The van der Waals surface area contributed by atoms with Crippen molar-refractivity contribution in [3.05, 3.63) is 70.3 Å². The second kappa shape index (κ2) is 6.45. The van der Waals surface area contributed by atoms with Crippen molar-refractivity contribution < 1.29 is 18.7 Å². The molecule has 0 unspecified atom stereocenters. The lowest BCUT2D eigenvalue weighted by Gasteiger charge is -2.09. The molecule has 110 valence electrons. The lowest BCUT2D eigenvalue weighted by Crippen LogP contribution is -2.25. The van der Waals surface area contributed by atoms with E-state index in [1.807, 2.05) is 0 Å². The lowest BCUT2D eigenvalue weighted by molar-refractivity contribution is 0.0942. The number of carbonyl (C=O) groups is 1. The predicted octanol–water partition coefficient (Wildman–Crippen LogP) is 2.70. The minimum Gasteiger partial charge on any atom is -0.392 e. The van der Waals surface area contributed by atoms with Crippen molar-refractivity contribution in [3.8, 4) is 0 Å². The van der Waals surface area contributed by atoms with Crippen LogP contribution in [0.4, 0.5) is 8.78 Å². The molecule has 0 aliphatic carbocycles. The summed E-state index contributed by atoms with van der Waals surface area (Å²) < 4.78 is 27.4. The third-order valence-electron chi connectivity index (χ3n) is 3.17. The normalized spacial score (nSPS) is 10.5. The summed E-state index contributed by atoms with van der Waals surface area (Å²) in [5, 5.41) is 11.4. The van der Waals surface area contributed by atoms with E-state index in [1.165, 1.54) is 13.0 Å². The van der Waals surface area contributed by atoms with E-state index in [0.29, 0.717) is 0 Å². The molecular formula is C16H15F2NO2. The van der Waals surface area contributed by atoms with E-state index >= 15 is 0 Å². The highest BCUT2D eigenvalue weighted by molar-refractivity contribution is 5.94. The number of rotatable bonds is 4. The van der Waals surface area contributed by atoms with E-state index in [1.54, 1.807) is 24.3 Å². The Morgan fingerprint density at radius 1 is 1.10 bits per heavy atom. The molecule has 5 heteroatoms. The molecule has 0 saturated carbocycles. The summed E-state index contributed by atoms with van der Waals surface area (Å²) in [7, 11) is 0. The van der Waals surface area contributed by atoms with Gasteiger partial charge in [-0.05, 0) is 29.7 Å². The summed E-state index contributed by atoms with van der Waals surface area (Å²) in [5.41, 5.74) is 1.17. The Morgan fingerprint density at radius 2 is 1.71 bits per heavy atom. The Labute approximate surface area is 121 Å². The van der Waals surface area contributed by atoms with Crippen LogP contribution in [0.15, 0.2) is 36.4 Å². The molecule has 0 radical (unpaired) electrons. The monoisotopic (exact) mass is 291 g/mol. The number of aliphatic hydroxyl groups is 1. The summed E-state index contributed by atoms with van der Waals surface area (Å²) in [5.74, 6) is -2.52. The number of hydrogen-bond donors (Lipinski definition) is 2. The SMILES string of the molecule is Cc1ccc(F)c(C(=O)NCc2ccc(CO)cc2)c1F. The first-order valence-corrected chi connectivity index (χ1v) is 6.44. The fourth-order valence-corrected chi connectivity index (χ4v) is 1.90. The summed E-state index contributed by atoms with van der Waals surface area (Å²) in [6.45, 7) is 1.56. The van der Waals surface area contributed by atoms with Gasteiger partial charge in [0.15, 0.2) is 0 Å². The Kier molecular flexibility index (Phi) is 4.65. The van der Waals surface area contributed by atoms with E-state index in [4.69, 9.17) is 5.11 Å². The maximum absolute atomic E-state index is 13.8. The van der Waals surface area contributed by atoms with E-state index in [9.17, 15) is 13.6 Å². The van der Waals surface area contributed by atoms with Gasteiger partial charge in [-0.3, -0.25) is 4.79 Å². The van der Waals surface area contributed by atoms with Gasteiger partial charge in [0.1, 0.15) is 17.2 Å². The van der Waals surface area contributed by atoms with Gasteiger partial charge in [0.25, 0.3) is 5.91 Å². The van der Waals surface area contributed by atoms with E-state index in [-0.39, 0.29) is 18.7 Å². The first-order valence-electron chi connectivity index (χ1n) is 6.44. The second-order valence-corrected chi connectivity index (χ2v) is 4.71. The standard InChI is InChI=1S/C16H15F2NO2/c1-10-2-7-13(17)14(15(10)18)16(21)19-8-11-3-5-12(9-20)6-4-11/h2-7,20H,8-9H2,1H3,(H,19,21). The van der Waals surface area contributed by atoms with Gasteiger partial charge in [-0.1, -0.05) is 30.3 Å². The highest BCUT2D eigenvalue weighted by Gasteiger charge is 2.18. The van der Waals surface area contributed by atoms with Crippen molar-refractivity contribution in [2.24, 2.45) is 0 Å². The molecule has 21 heavy (non-hydrogen) atoms. The number of aryl methyl sites for hydroxylation is 1. The van der Waals surface area contributed by atoms with Crippen molar-refractivity contribution in [2.45, 2.75) is 20.1 Å². The zero-order chi connectivity index (χ0) is 15.4. The summed E-state index contributed by atoms with van der Waals surface area (Å²) in [6.07, 6.45) is 0. The lowest BCUT2D eigenvalue weighted by atomic mass is 10.1. The van der Waals surface area contributed by atoms with Crippen LogP contribution >= 0.6 is 0 Å². The first kappa shape index (κ1) is 15.1. The Hall–Kier alpha value is -2.27. The number of halogens is 2. The van der Waals surface area contributed by atoms with Crippen LogP contribution in [0.3, 0.4) is 0 Å². The van der Waals surface area contributed by atoms with Crippen LogP contribution in [0.2, 0.25) is 0 Å². The average molecular weight is 291 g/mol. The molecule has 2 aromatic rings. The number of amides is 1. The second-order valence-electron chi connectivity index (χ2n) is 4.71. The first-order chi connectivity index (χ1) is 10.0. The number of carbonyl (C=O) groups excluding carboxylic acids is 1. The van der Waals surface area contributed by atoms with Gasteiger partial charge in [0, 0.05) is 6.54 Å². The molecule has 1 amide bonds. The molecule has 0 aliphatic heterocycles. The molecule has 0 saturated heterocycles. The quantitative estimate of drug-likeness (QED) is 0.910. The molecule has 3 nitrogen and oxygen atoms in total. The highest BCUT2D eigenvalue weighted by Crippen LogP contribution is 2.16. The molecule has 2 aromatic carbocycles. The fraction of sp³-hybridized carbons (Fsp3) is 0.188. The minimum absolute atomic E-state index is 0.0631. The van der Waals surface area contributed by atoms with Crippen LogP contribution in [0.25, 0.3) is 0 Å². The zero-order valence-electron chi connectivity index (χ0n) is 11.5. The Morgan fingerprint density at radius 3 is 2.33 bits per heavy atom. The van der Waals surface area contributed by atoms with Crippen molar-refractivity contribution in [3.63, 3.8) is 0 Å². The van der Waals surface area contributed by atoms with Crippen LogP contribution in [-0.2, 0) is 13.2 Å². The molecule has 0 heterocycles. The molecule has 2 rings (SSSR count). The summed E-state index contributed by atoms with van der Waals surface area (Å²) in [6, 6.07) is 9.26. The van der Waals surface area contributed by atoms with Crippen LogP contribution in [0.5, 0.6) is 0 Å². The van der Waals surface area contributed by atoms with Crippen molar-refractivity contribution in [1.82, 2.24) is 5.32 Å². The molecule has 0 aromatic heterocycles. The zero-order valence-corrected chi connectivity index (χ0v) is 11.5. The fourth-order valence-electron chi connectivity index (χ4n) is 1.90. The van der Waals surface area contributed by atoms with Crippen molar-refractivity contribution >= 4 is 5.91 Å². The topological polar surface area (TPSA) is 49.3 Å². The molecule has 0 fully saturated rings. The van der Waals surface area contributed by atoms with Crippen molar-refractivity contribution in [2.75, 3.05) is 0 Å². The molecule has 0 aliphatic rings. The molecular weight excluding hydrogens is 276 g/mol. The molecule has 2 N–H and O–H groups in total. The van der Waals surface area contributed by atoms with Crippen LogP contribution in [-0.4, -0.2) is 11.0 Å². The molecule has 0 atom stereocenters. The number of benzene rings is 2. The van der Waals surface area contributed by atoms with Gasteiger partial charge in [-0.25, -0.2) is 8.78 Å². The molecule has 0 spiro atoms. The van der Waals surface area contributed by atoms with Gasteiger partial charge < -0.3 is 10.4 Å². The maximum Gasteiger partial charge on any atom is 0.257 e. The summed E-state index contributed by atoms with van der Waals surface area (Å²) in [4.78, 5) is 11.9. The Bertz CT molecular complexity index is 654. The van der Waals surface area contributed by atoms with Gasteiger partial charge in [-0.2, -0.15) is 0 Å². The predicted molar refractivity (Wildman–Crippen MR) is 74.6 cm³/mol. The van der Waals surface area contributed by atoms with Gasteiger partial charge in [0.2, 0.25) is 0 Å². The average Bonchev–Trinajstić information content (AvgIpc) is 2.50. The van der Waals surface area contributed by atoms with Gasteiger partial charge >= 0.3 is 0 Å². The van der Waals surface area contributed by atoms with Gasteiger partial charge in [0.05, 0.1) is 6.61 Å².